The topological polar surface area (TPSA) is 38.0 Å². The second-order valence-corrected chi connectivity index (χ2v) is 8.02. The lowest BCUT2D eigenvalue weighted by atomic mass is 9.74. The number of nitrogens with two attached hydrogens (primary N) is 1. The highest BCUT2D eigenvalue weighted by molar-refractivity contribution is 7.99. The monoisotopic (exact) mass is 270 g/mol. The van der Waals surface area contributed by atoms with E-state index in [-0.39, 0.29) is 0 Å². The van der Waals surface area contributed by atoms with Crippen molar-refractivity contribution in [1.29, 1.82) is 0 Å². The van der Waals surface area contributed by atoms with Crippen LogP contribution in [-0.4, -0.2) is 17.0 Å². The van der Waals surface area contributed by atoms with E-state index in [4.69, 9.17) is 5.84 Å². The molecule has 0 heterocycles. The molecular formula is C15H30N2S. The zero-order valence-corrected chi connectivity index (χ0v) is 12.8. The molecule has 0 radical (unpaired) electrons. The molecule has 0 amide bonds. The number of thioether (sulfide) groups is 1. The molecule has 2 nitrogen and oxygen atoms in total. The molecule has 0 aromatic carbocycles. The first-order valence-corrected chi connectivity index (χ1v) is 8.81. The van der Waals surface area contributed by atoms with Crippen molar-refractivity contribution in [3.8, 4) is 0 Å². The van der Waals surface area contributed by atoms with Gasteiger partial charge in [-0.1, -0.05) is 26.7 Å². The van der Waals surface area contributed by atoms with Crippen molar-refractivity contribution < 1.29 is 0 Å². The number of hydrogen-bond acceptors (Lipinski definition) is 3. The lowest BCUT2D eigenvalue weighted by Crippen LogP contribution is -2.45. The molecule has 0 aromatic heterocycles. The van der Waals surface area contributed by atoms with Gasteiger partial charge in [-0.15, -0.1) is 0 Å². The highest BCUT2D eigenvalue weighted by Crippen LogP contribution is 2.37. The molecule has 18 heavy (non-hydrogen) atoms. The summed E-state index contributed by atoms with van der Waals surface area (Å²) in [5, 5.41) is 0.916. The summed E-state index contributed by atoms with van der Waals surface area (Å²) >= 11 is 2.17. The highest BCUT2D eigenvalue weighted by atomic mass is 32.2. The Hall–Kier alpha value is 0.270. The summed E-state index contributed by atoms with van der Waals surface area (Å²) in [6.07, 6.45) is 9.88. The molecule has 3 heteroatoms. The van der Waals surface area contributed by atoms with Crippen LogP contribution in [0.25, 0.3) is 0 Å². The Morgan fingerprint density at radius 2 is 1.72 bits per heavy atom. The van der Waals surface area contributed by atoms with Crippen LogP contribution in [0.1, 0.15) is 58.8 Å². The van der Waals surface area contributed by atoms with Crippen LogP contribution in [0.2, 0.25) is 0 Å². The van der Waals surface area contributed by atoms with Gasteiger partial charge in [0.25, 0.3) is 0 Å². The molecule has 0 aliphatic heterocycles. The van der Waals surface area contributed by atoms with Crippen molar-refractivity contribution >= 4 is 11.8 Å². The predicted octanol–water partition coefficient (Wildman–Crippen LogP) is 3.57. The minimum Gasteiger partial charge on any atom is -0.271 e. The van der Waals surface area contributed by atoms with Crippen LogP contribution >= 0.6 is 11.8 Å². The van der Waals surface area contributed by atoms with E-state index < -0.39 is 0 Å². The summed E-state index contributed by atoms with van der Waals surface area (Å²) in [7, 11) is 0. The van der Waals surface area contributed by atoms with E-state index in [9.17, 15) is 0 Å². The molecule has 0 bridgehead atoms. The molecule has 3 atom stereocenters. The standard InChI is InChI=1S/C15H30N2S/c1-11-7-12(2)9-13(8-11)15(17-16)10-18-14-5-3-4-6-14/h11-15,17H,3-10,16H2,1-2H3. The van der Waals surface area contributed by atoms with Gasteiger partial charge in [-0.3, -0.25) is 11.3 Å². The van der Waals surface area contributed by atoms with Gasteiger partial charge in [-0.25, -0.2) is 0 Å². The summed E-state index contributed by atoms with van der Waals surface area (Å²) in [6, 6.07) is 0.529. The average molecular weight is 270 g/mol. The van der Waals surface area contributed by atoms with Crippen molar-refractivity contribution in [3.05, 3.63) is 0 Å². The Balaban J connectivity index is 1.79. The van der Waals surface area contributed by atoms with Gasteiger partial charge in [0.1, 0.15) is 0 Å². The first-order chi connectivity index (χ1) is 8.69. The fourth-order valence-electron chi connectivity index (χ4n) is 3.95. The molecule has 106 valence electrons. The SMILES string of the molecule is CC1CC(C)CC(C(CSC2CCCC2)NN)C1. The van der Waals surface area contributed by atoms with E-state index in [0.29, 0.717) is 6.04 Å². The first kappa shape index (κ1) is 14.7. The lowest BCUT2D eigenvalue weighted by molar-refractivity contribution is 0.185. The molecule has 3 N–H and O–H groups in total. The van der Waals surface area contributed by atoms with E-state index >= 15 is 0 Å². The van der Waals surface area contributed by atoms with E-state index in [0.717, 1.165) is 23.0 Å². The summed E-state index contributed by atoms with van der Waals surface area (Å²) in [6.45, 7) is 4.81. The van der Waals surface area contributed by atoms with Gasteiger partial charge in [0.05, 0.1) is 0 Å². The Bertz CT molecular complexity index is 231. The summed E-state index contributed by atoms with van der Waals surface area (Å²) in [4.78, 5) is 0. The van der Waals surface area contributed by atoms with Crippen LogP contribution in [0.3, 0.4) is 0 Å². The second kappa shape index (κ2) is 7.16. The van der Waals surface area contributed by atoms with Gasteiger partial charge in [-0.2, -0.15) is 11.8 Å². The molecule has 2 fully saturated rings. The third-order valence-electron chi connectivity index (χ3n) is 4.81. The minimum atomic E-state index is 0.529. The minimum absolute atomic E-state index is 0.529. The van der Waals surface area contributed by atoms with Gasteiger partial charge in [0.15, 0.2) is 0 Å². The Morgan fingerprint density at radius 3 is 2.28 bits per heavy atom. The number of hydrazine groups is 1. The highest BCUT2D eigenvalue weighted by Gasteiger charge is 2.30. The average Bonchev–Trinajstić information content (AvgIpc) is 2.81. The lowest BCUT2D eigenvalue weighted by Gasteiger charge is -2.36. The molecular weight excluding hydrogens is 240 g/mol. The van der Waals surface area contributed by atoms with Crippen LogP contribution in [0.4, 0.5) is 0 Å². The maximum atomic E-state index is 5.82. The predicted molar refractivity (Wildman–Crippen MR) is 81.5 cm³/mol. The van der Waals surface area contributed by atoms with Crippen molar-refractivity contribution in [2.45, 2.75) is 70.1 Å². The van der Waals surface area contributed by atoms with Crippen LogP contribution in [-0.2, 0) is 0 Å². The molecule has 0 spiro atoms. The smallest absolute Gasteiger partial charge is 0.0329 e. The molecule has 0 saturated heterocycles. The molecule has 3 unspecified atom stereocenters. The van der Waals surface area contributed by atoms with Crippen molar-refractivity contribution in [1.82, 2.24) is 5.43 Å². The van der Waals surface area contributed by atoms with Gasteiger partial charge in [0, 0.05) is 17.0 Å². The largest absolute Gasteiger partial charge is 0.271 e. The zero-order chi connectivity index (χ0) is 13.0. The maximum absolute atomic E-state index is 5.82. The van der Waals surface area contributed by atoms with Crippen LogP contribution in [0, 0.1) is 17.8 Å². The van der Waals surface area contributed by atoms with Gasteiger partial charge in [0.2, 0.25) is 0 Å². The summed E-state index contributed by atoms with van der Waals surface area (Å²) < 4.78 is 0. The normalized spacial score (nSPS) is 35.8. The van der Waals surface area contributed by atoms with Crippen LogP contribution in [0.5, 0.6) is 0 Å². The van der Waals surface area contributed by atoms with Crippen LogP contribution < -0.4 is 11.3 Å². The molecule has 2 rings (SSSR count). The quantitative estimate of drug-likeness (QED) is 0.592. The Kier molecular flexibility index (Phi) is 5.84. The molecule has 0 aromatic rings. The fraction of sp³-hybridized carbons (Fsp3) is 1.00. The van der Waals surface area contributed by atoms with E-state index in [1.54, 1.807) is 0 Å². The maximum Gasteiger partial charge on any atom is 0.0329 e. The van der Waals surface area contributed by atoms with Gasteiger partial charge >= 0.3 is 0 Å². The Labute approximate surface area is 117 Å². The molecule has 2 aliphatic rings. The Morgan fingerprint density at radius 1 is 1.11 bits per heavy atom. The second-order valence-electron chi connectivity index (χ2n) is 6.69. The van der Waals surface area contributed by atoms with Gasteiger partial charge in [-0.05, 0) is 49.9 Å². The number of nitrogens with one attached hydrogen (secondary N) is 1. The fourth-order valence-corrected chi connectivity index (χ4v) is 5.47. The summed E-state index contributed by atoms with van der Waals surface area (Å²) in [5.41, 5.74) is 3.12. The van der Waals surface area contributed by atoms with Crippen molar-refractivity contribution in [2.24, 2.45) is 23.6 Å². The van der Waals surface area contributed by atoms with Crippen molar-refractivity contribution in [3.63, 3.8) is 0 Å². The van der Waals surface area contributed by atoms with E-state index in [1.807, 2.05) is 0 Å². The van der Waals surface area contributed by atoms with Crippen molar-refractivity contribution in [2.75, 3.05) is 5.75 Å². The van der Waals surface area contributed by atoms with E-state index in [1.165, 1.54) is 50.7 Å². The third-order valence-corrected chi connectivity index (χ3v) is 6.31. The zero-order valence-electron chi connectivity index (χ0n) is 12.0. The number of rotatable bonds is 5. The first-order valence-electron chi connectivity index (χ1n) is 7.76. The summed E-state index contributed by atoms with van der Waals surface area (Å²) in [5.74, 6) is 9.58. The third kappa shape index (κ3) is 4.14. The van der Waals surface area contributed by atoms with E-state index in [2.05, 4.69) is 31.0 Å². The van der Waals surface area contributed by atoms with Gasteiger partial charge < -0.3 is 0 Å². The molecule has 2 aliphatic carbocycles. The number of hydrogen-bond donors (Lipinski definition) is 2. The van der Waals surface area contributed by atoms with Crippen LogP contribution in [0.15, 0.2) is 0 Å². The molecule has 2 saturated carbocycles.